The van der Waals surface area contributed by atoms with Gasteiger partial charge in [0.25, 0.3) is 5.78 Å². The van der Waals surface area contributed by atoms with Crippen LogP contribution in [0, 0.1) is 0 Å². The van der Waals surface area contributed by atoms with Crippen LogP contribution >= 0.6 is 11.3 Å². The molecule has 2 aromatic heterocycles. The standard InChI is InChI=1S/C26H22N2O6S/c1-3-11-33-17-7-4-6-15(13-17)23(29)21-22(19-8-5-12-34-19)28(25(31)24(21)30)26-27-18-10-9-16(32-2)14-20(18)35-26/h4-10,12-14,22,29H,3,11H2,1-2H3. The number of ketones is 1. The number of aromatic nitrogens is 1. The molecule has 1 saturated heterocycles. The van der Waals surface area contributed by atoms with Gasteiger partial charge in [0.05, 0.1) is 35.8 Å². The van der Waals surface area contributed by atoms with E-state index in [4.69, 9.17) is 13.9 Å². The molecule has 0 saturated carbocycles. The predicted molar refractivity (Wildman–Crippen MR) is 132 cm³/mol. The third-order valence-corrected chi connectivity index (χ3v) is 6.65. The summed E-state index contributed by atoms with van der Waals surface area (Å²) in [6, 6.07) is 14.5. The summed E-state index contributed by atoms with van der Waals surface area (Å²) < 4.78 is 17.4. The van der Waals surface area contributed by atoms with E-state index in [1.165, 1.54) is 22.5 Å². The molecule has 1 atom stereocenters. The normalized spacial score (nSPS) is 17.3. The molecular formula is C26H22N2O6S. The van der Waals surface area contributed by atoms with E-state index in [0.29, 0.717) is 40.1 Å². The number of nitrogens with zero attached hydrogens (tertiary/aromatic N) is 2. The molecule has 1 N–H and O–H groups in total. The smallest absolute Gasteiger partial charge is 0.302 e. The van der Waals surface area contributed by atoms with Crippen molar-refractivity contribution in [3.63, 3.8) is 0 Å². The zero-order valence-corrected chi connectivity index (χ0v) is 19.9. The predicted octanol–water partition coefficient (Wildman–Crippen LogP) is 5.31. The van der Waals surface area contributed by atoms with Gasteiger partial charge in [-0.3, -0.25) is 14.5 Å². The molecule has 1 unspecified atom stereocenters. The second-order valence-electron chi connectivity index (χ2n) is 7.89. The first kappa shape index (κ1) is 22.7. The molecule has 5 rings (SSSR count). The van der Waals surface area contributed by atoms with Crippen molar-refractivity contribution in [2.75, 3.05) is 18.6 Å². The summed E-state index contributed by atoms with van der Waals surface area (Å²) in [5.41, 5.74) is 0.947. The van der Waals surface area contributed by atoms with Crippen molar-refractivity contribution >= 4 is 44.1 Å². The highest BCUT2D eigenvalue weighted by Crippen LogP contribution is 2.44. The largest absolute Gasteiger partial charge is 0.507 e. The Hall–Kier alpha value is -4.11. The van der Waals surface area contributed by atoms with Gasteiger partial charge in [0, 0.05) is 5.56 Å². The highest BCUT2D eigenvalue weighted by Gasteiger charge is 2.49. The van der Waals surface area contributed by atoms with Crippen molar-refractivity contribution in [2.24, 2.45) is 0 Å². The lowest BCUT2D eigenvalue weighted by atomic mass is 9.99. The molecule has 178 valence electrons. The Morgan fingerprint density at radius 2 is 2.00 bits per heavy atom. The highest BCUT2D eigenvalue weighted by molar-refractivity contribution is 7.22. The average molecular weight is 491 g/mol. The monoisotopic (exact) mass is 490 g/mol. The number of anilines is 1. The van der Waals surface area contributed by atoms with Crippen LogP contribution in [0.1, 0.15) is 30.7 Å². The number of carbonyl (C=O) groups is 2. The van der Waals surface area contributed by atoms with Gasteiger partial charge in [-0.1, -0.05) is 30.4 Å². The summed E-state index contributed by atoms with van der Waals surface area (Å²) in [4.78, 5) is 32.4. The molecule has 0 bridgehead atoms. The maximum Gasteiger partial charge on any atom is 0.302 e. The molecule has 1 aliphatic heterocycles. The van der Waals surface area contributed by atoms with Gasteiger partial charge in [0.1, 0.15) is 29.1 Å². The van der Waals surface area contributed by atoms with E-state index >= 15 is 0 Å². The van der Waals surface area contributed by atoms with Gasteiger partial charge >= 0.3 is 5.91 Å². The van der Waals surface area contributed by atoms with Crippen molar-refractivity contribution in [3.05, 3.63) is 77.8 Å². The summed E-state index contributed by atoms with van der Waals surface area (Å²) in [7, 11) is 1.57. The quantitative estimate of drug-likeness (QED) is 0.213. The van der Waals surface area contributed by atoms with E-state index in [0.717, 1.165) is 11.1 Å². The number of carbonyl (C=O) groups excluding carboxylic acids is 2. The number of Topliss-reactive ketones (excluding diaryl/α,β-unsaturated/α-hetero) is 1. The molecule has 0 spiro atoms. The van der Waals surface area contributed by atoms with Gasteiger partial charge in [-0.25, -0.2) is 4.98 Å². The van der Waals surface area contributed by atoms with E-state index in [1.54, 1.807) is 55.6 Å². The Balaban J connectivity index is 1.64. The number of furan rings is 1. The van der Waals surface area contributed by atoms with Crippen molar-refractivity contribution < 1.29 is 28.6 Å². The van der Waals surface area contributed by atoms with E-state index in [2.05, 4.69) is 4.98 Å². The number of ether oxygens (including phenoxy) is 2. The molecule has 0 radical (unpaired) electrons. The van der Waals surface area contributed by atoms with E-state index in [1.807, 2.05) is 13.0 Å². The summed E-state index contributed by atoms with van der Waals surface area (Å²) in [5, 5.41) is 11.6. The van der Waals surface area contributed by atoms with Crippen LogP contribution in [0.25, 0.3) is 16.0 Å². The van der Waals surface area contributed by atoms with E-state index in [9.17, 15) is 14.7 Å². The molecule has 2 aromatic carbocycles. The summed E-state index contributed by atoms with van der Waals surface area (Å²) in [6.45, 7) is 2.51. The van der Waals surface area contributed by atoms with Crippen LogP contribution in [-0.4, -0.2) is 35.5 Å². The number of fused-ring (bicyclic) bond motifs is 1. The first-order valence-corrected chi connectivity index (χ1v) is 11.9. The average Bonchev–Trinajstić information content (AvgIpc) is 3.60. The van der Waals surface area contributed by atoms with Crippen LogP contribution in [0.3, 0.4) is 0 Å². The number of benzene rings is 2. The Bertz CT molecular complexity index is 1440. The number of hydrogen-bond acceptors (Lipinski definition) is 8. The van der Waals surface area contributed by atoms with Crippen molar-refractivity contribution in [3.8, 4) is 11.5 Å². The van der Waals surface area contributed by atoms with Crippen LogP contribution in [-0.2, 0) is 9.59 Å². The van der Waals surface area contributed by atoms with E-state index < -0.39 is 17.7 Å². The number of aliphatic hydroxyl groups is 1. The zero-order valence-electron chi connectivity index (χ0n) is 19.1. The van der Waals surface area contributed by atoms with Gasteiger partial charge in [-0.05, 0) is 48.9 Å². The van der Waals surface area contributed by atoms with Crippen LogP contribution in [0.4, 0.5) is 5.13 Å². The number of amides is 1. The second-order valence-corrected chi connectivity index (χ2v) is 8.90. The molecule has 1 amide bonds. The Labute approximate surface area is 205 Å². The summed E-state index contributed by atoms with van der Waals surface area (Å²) in [5.74, 6) is -0.377. The lowest BCUT2D eigenvalue weighted by molar-refractivity contribution is -0.132. The fourth-order valence-corrected chi connectivity index (χ4v) is 5.00. The minimum atomic E-state index is -0.979. The van der Waals surface area contributed by atoms with E-state index in [-0.39, 0.29) is 11.3 Å². The summed E-state index contributed by atoms with van der Waals surface area (Å²) in [6.07, 6.45) is 2.28. The minimum absolute atomic E-state index is 0.0746. The molecule has 0 aliphatic carbocycles. The van der Waals surface area contributed by atoms with Crippen LogP contribution in [0.15, 0.2) is 70.9 Å². The Morgan fingerprint density at radius 1 is 1.14 bits per heavy atom. The lowest BCUT2D eigenvalue weighted by Crippen LogP contribution is -2.29. The third kappa shape index (κ3) is 4.04. The van der Waals surface area contributed by atoms with Crippen LogP contribution in [0.5, 0.6) is 11.5 Å². The molecule has 3 heterocycles. The third-order valence-electron chi connectivity index (χ3n) is 5.63. The van der Waals surface area contributed by atoms with Crippen molar-refractivity contribution in [1.29, 1.82) is 0 Å². The zero-order chi connectivity index (χ0) is 24.5. The Morgan fingerprint density at radius 3 is 2.74 bits per heavy atom. The van der Waals surface area contributed by atoms with Gasteiger partial charge < -0.3 is 19.0 Å². The Kier molecular flexibility index (Phi) is 6.00. The SMILES string of the molecule is CCCOc1cccc(C(O)=C2C(=O)C(=O)N(c3nc4ccc(OC)cc4s3)C2c2ccco2)c1. The molecule has 35 heavy (non-hydrogen) atoms. The molecule has 4 aromatic rings. The fraction of sp³-hybridized carbons (Fsp3) is 0.192. The minimum Gasteiger partial charge on any atom is -0.507 e. The van der Waals surface area contributed by atoms with Crippen molar-refractivity contribution in [1.82, 2.24) is 4.98 Å². The number of thiazole rings is 1. The van der Waals surface area contributed by atoms with Gasteiger partial charge in [-0.15, -0.1) is 0 Å². The molecule has 1 aliphatic rings. The van der Waals surface area contributed by atoms with Crippen LogP contribution in [0.2, 0.25) is 0 Å². The van der Waals surface area contributed by atoms with Crippen LogP contribution < -0.4 is 14.4 Å². The number of methoxy groups -OCH3 is 1. The number of aliphatic hydroxyl groups excluding tert-OH is 1. The lowest BCUT2D eigenvalue weighted by Gasteiger charge is -2.20. The molecular weight excluding hydrogens is 468 g/mol. The van der Waals surface area contributed by atoms with Gasteiger partial charge in [0.2, 0.25) is 0 Å². The van der Waals surface area contributed by atoms with Gasteiger partial charge in [-0.2, -0.15) is 0 Å². The number of rotatable bonds is 7. The topological polar surface area (TPSA) is 102 Å². The second kappa shape index (κ2) is 9.27. The molecule has 9 heteroatoms. The first-order valence-electron chi connectivity index (χ1n) is 11.0. The molecule has 1 fully saturated rings. The first-order chi connectivity index (χ1) is 17.0. The molecule has 8 nitrogen and oxygen atoms in total. The maximum absolute atomic E-state index is 13.3. The van der Waals surface area contributed by atoms with Crippen molar-refractivity contribution in [2.45, 2.75) is 19.4 Å². The highest BCUT2D eigenvalue weighted by atomic mass is 32.1. The number of hydrogen-bond donors (Lipinski definition) is 1. The van der Waals surface area contributed by atoms with Gasteiger partial charge in [0.15, 0.2) is 5.13 Å². The fourth-order valence-electron chi connectivity index (χ4n) is 3.98. The maximum atomic E-state index is 13.3. The summed E-state index contributed by atoms with van der Waals surface area (Å²) >= 11 is 1.25.